The molecular formula is C10H8AsN3. The predicted molar refractivity (Wildman–Crippen MR) is 59.0 cm³/mol. The third-order valence-corrected chi connectivity index (χ3v) is 3.13. The Morgan fingerprint density at radius 3 is 2.86 bits per heavy atom. The van der Waals surface area contributed by atoms with Crippen LogP contribution in [0, 0.1) is 0 Å². The van der Waals surface area contributed by atoms with Crippen LogP contribution in [0.15, 0.2) is 36.8 Å². The molecular weight excluding hydrogens is 237 g/mol. The Morgan fingerprint density at radius 1 is 1.07 bits per heavy atom. The Bertz CT molecular complexity index is 615. The van der Waals surface area contributed by atoms with E-state index in [2.05, 4.69) is 19.5 Å². The standard InChI is InChI=1S/C10H8AsN3/c11-14-6-13-9-5-12-8-4-2-1-3-7(8)10(9)14/h1-6H,11H2. The summed E-state index contributed by atoms with van der Waals surface area (Å²) in [7, 11) is 0. The first-order valence-corrected chi connectivity index (χ1v) is 5.40. The summed E-state index contributed by atoms with van der Waals surface area (Å²) in [6, 6.07) is 8.14. The van der Waals surface area contributed by atoms with Crippen molar-refractivity contribution in [3.8, 4) is 0 Å². The number of benzene rings is 1. The van der Waals surface area contributed by atoms with Crippen LogP contribution >= 0.6 is 0 Å². The molecule has 0 saturated carbocycles. The van der Waals surface area contributed by atoms with Gasteiger partial charge in [0, 0.05) is 0 Å². The van der Waals surface area contributed by atoms with Gasteiger partial charge in [0.15, 0.2) is 0 Å². The second-order valence-corrected chi connectivity index (χ2v) is 4.33. The van der Waals surface area contributed by atoms with Gasteiger partial charge in [0.2, 0.25) is 0 Å². The number of hydrogen-bond acceptors (Lipinski definition) is 2. The SMILES string of the molecule is [AsH2]n1cnc2cnc3ccccc3c21. The summed E-state index contributed by atoms with van der Waals surface area (Å²) in [6.07, 6.45) is 3.67. The monoisotopic (exact) mass is 245 g/mol. The average Bonchev–Trinajstić information content (AvgIpc) is 2.61. The second kappa shape index (κ2) is 2.82. The molecule has 0 saturated heterocycles. The zero-order chi connectivity index (χ0) is 9.54. The van der Waals surface area contributed by atoms with E-state index < -0.39 is 0 Å². The average molecular weight is 245 g/mol. The van der Waals surface area contributed by atoms with Crippen molar-refractivity contribution in [1.29, 1.82) is 0 Å². The summed E-state index contributed by atoms with van der Waals surface area (Å²) in [4.78, 5) is 8.64. The maximum atomic E-state index is 4.35. The molecule has 2 heterocycles. The van der Waals surface area contributed by atoms with Crippen molar-refractivity contribution in [3.05, 3.63) is 36.8 Å². The fraction of sp³-hybridized carbons (Fsp3) is 0. The van der Waals surface area contributed by atoms with Crippen molar-refractivity contribution < 1.29 is 0 Å². The van der Waals surface area contributed by atoms with Crippen LogP contribution in [0.4, 0.5) is 0 Å². The van der Waals surface area contributed by atoms with Gasteiger partial charge in [-0.3, -0.25) is 0 Å². The van der Waals surface area contributed by atoms with Gasteiger partial charge < -0.3 is 0 Å². The Labute approximate surface area is 89.5 Å². The molecule has 68 valence electrons. The van der Waals surface area contributed by atoms with Gasteiger partial charge in [-0.15, -0.1) is 0 Å². The molecule has 0 N–H and O–H groups in total. The van der Waals surface area contributed by atoms with Crippen LogP contribution in [0.5, 0.6) is 0 Å². The summed E-state index contributed by atoms with van der Waals surface area (Å²) in [6.45, 7) is 0. The normalized spacial score (nSPS) is 11.2. The third-order valence-electron chi connectivity index (χ3n) is 2.31. The molecule has 1 atom stereocenters. The quantitative estimate of drug-likeness (QED) is 0.553. The fourth-order valence-electron chi connectivity index (χ4n) is 1.66. The van der Waals surface area contributed by atoms with Crippen LogP contribution in [-0.4, -0.2) is 30.5 Å². The minimum atomic E-state index is 0.966. The number of rotatable bonds is 0. The van der Waals surface area contributed by atoms with E-state index in [1.165, 1.54) is 28.0 Å². The molecule has 0 radical (unpaired) electrons. The summed E-state index contributed by atoms with van der Waals surface area (Å²) >= 11 is 1.53. The number of imidazole rings is 1. The van der Waals surface area contributed by atoms with Crippen LogP contribution in [0.2, 0.25) is 0 Å². The first-order valence-electron chi connectivity index (χ1n) is 4.32. The third kappa shape index (κ3) is 0.992. The number of aromatic nitrogens is 3. The number of nitrogens with zero attached hydrogens (tertiary/aromatic N) is 3. The number of pyridine rings is 1. The van der Waals surface area contributed by atoms with E-state index in [0.29, 0.717) is 0 Å². The number of fused-ring (bicyclic) bond motifs is 3. The van der Waals surface area contributed by atoms with Gasteiger partial charge in [0.1, 0.15) is 0 Å². The molecule has 0 bridgehead atoms. The maximum absolute atomic E-state index is 4.35. The van der Waals surface area contributed by atoms with Crippen LogP contribution in [0.1, 0.15) is 0 Å². The molecule has 14 heavy (non-hydrogen) atoms. The molecule has 3 rings (SSSR count). The van der Waals surface area contributed by atoms with Crippen molar-refractivity contribution in [2.24, 2.45) is 0 Å². The Balaban J connectivity index is 2.65. The molecule has 1 unspecified atom stereocenters. The molecule has 0 aliphatic carbocycles. The number of hydrogen-bond donors (Lipinski definition) is 0. The Hall–Kier alpha value is -1.34. The van der Waals surface area contributed by atoms with Crippen molar-refractivity contribution in [3.63, 3.8) is 0 Å². The molecule has 2 aromatic heterocycles. The molecule has 1 aromatic carbocycles. The van der Waals surface area contributed by atoms with Gasteiger partial charge in [-0.05, 0) is 0 Å². The van der Waals surface area contributed by atoms with Crippen LogP contribution in [0.25, 0.3) is 21.9 Å². The first-order chi connectivity index (χ1) is 6.86. The van der Waals surface area contributed by atoms with Gasteiger partial charge >= 0.3 is 89.3 Å². The fourth-order valence-corrected chi connectivity index (χ4v) is 2.37. The Morgan fingerprint density at radius 2 is 1.93 bits per heavy atom. The Kier molecular flexibility index (Phi) is 1.61. The summed E-state index contributed by atoms with van der Waals surface area (Å²) in [5.74, 6) is 0. The van der Waals surface area contributed by atoms with E-state index in [1.807, 2.05) is 30.7 Å². The first kappa shape index (κ1) is 8.01. The van der Waals surface area contributed by atoms with E-state index in [0.717, 1.165) is 11.0 Å². The molecule has 0 spiro atoms. The molecule has 3 nitrogen and oxygen atoms in total. The predicted octanol–water partition coefficient (Wildman–Crippen LogP) is 0.981. The zero-order valence-electron chi connectivity index (χ0n) is 7.38. The van der Waals surface area contributed by atoms with Crippen molar-refractivity contribution in [2.45, 2.75) is 0 Å². The molecule has 4 heteroatoms. The van der Waals surface area contributed by atoms with E-state index in [-0.39, 0.29) is 0 Å². The van der Waals surface area contributed by atoms with Gasteiger partial charge in [-0.1, -0.05) is 0 Å². The molecule has 0 aliphatic rings. The van der Waals surface area contributed by atoms with Crippen molar-refractivity contribution in [2.75, 3.05) is 0 Å². The molecule has 0 aliphatic heterocycles. The van der Waals surface area contributed by atoms with E-state index >= 15 is 0 Å². The van der Waals surface area contributed by atoms with Crippen molar-refractivity contribution in [1.82, 2.24) is 13.5 Å². The summed E-state index contributed by atoms with van der Waals surface area (Å²) in [5, 5.41) is 1.17. The zero-order valence-corrected chi connectivity index (χ0v) is 9.81. The van der Waals surface area contributed by atoms with Crippen molar-refractivity contribution >= 4 is 39.0 Å². The molecule has 0 fully saturated rings. The van der Waals surface area contributed by atoms with Gasteiger partial charge in [0.05, 0.1) is 0 Å². The van der Waals surface area contributed by atoms with Crippen LogP contribution in [0.3, 0.4) is 0 Å². The van der Waals surface area contributed by atoms with Gasteiger partial charge in [-0.2, -0.15) is 0 Å². The summed E-state index contributed by atoms with van der Waals surface area (Å²) < 4.78 is 2.09. The van der Waals surface area contributed by atoms with Crippen LogP contribution in [-0.2, 0) is 0 Å². The second-order valence-electron chi connectivity index (χ2n) is 3.16. The topological polar surface area (TPSA) is 30.7 Å². The number of para-hydroxylation sites is 1. The van der Waals surface area contributed by atoms with E-state index in [1.54, 1.807) is 0 Å². The van der Waals surface area contributed by atoms with Crippen LogP contribution < -0.4 is 0 Å². The van der Waals surface area contributed by atoms with Gasteiger partial charge in [0.25, 0.3) is 0 Å². The molecule has 3 aromatic rings. The summed E-state index contributed by atoms with van der Waals surface area (Å²) in [5.41, 5.74) is 3.17. The minimum absolute atomic E-state index is 0.966. The van der Waals surface area contributed by atoms with E-state index in [4.69, 9.17) is 0 Å². The van der Waals surface area contributed by atoms with Gasteiger partial charge in [-0.25, -0.2) is 0 Å². The van der Waals surface area contributed by atoms with E-state index in [9.17, 15) is 0 Å². The molecule has 0 amide bonds.